The zero-order valence-corrected chi connectivity index (χ0v) is 12.1. The smallest absolute Gasteiger partial charge is 0.308 e. The van der Waals surface area contributed by atoms with Crippen LogP contribution in [0.15, 0.2) is 30.3 Å². The summed E-state index contributed by atoms with van der Waals surface area (Å²) < 4.78 is 4.74. The zero-order valence-electron chi connectivity index (χ0n) is 12.1. The van der Waals surface area contributed by atoms with Crippen LogP contribution in [0.25, 0.3) is 0 Å². The second-order valence-electron chi connectivity index (χ2n) is 5.16. The molecule has 1 aliphatic carbocycles. The molecule has 1 amide bonds. The summed E-state index contributed by atoms with van der Waals surface area (Å²) in [5, 5.41) is 2.90. The Morgan fingerprint density at radius 3 is 2.43 bits per heavy atom. The topological polar surface area (TPSA) is 55.4 Å². The van der Waals surface area contributed by atoms with Crippen LogP contribution in [-0.2, 0) is 14.3 Å². The predicted molar refractivity (Wildman–Crippen MR) is 79.2 cm³/mol. The van der Waals surface area contributed by atoms with Gasteiger partial charge in [-0.3, -0.25) is 9.59 Å². The van der Waals surface area contributed by atoms with Crippen molar-refractivity contribution in [2.45, 2.75) is 31.7 Å². The second-order valence-corrected chi connectivity index (χ2v) is 5.16. The van der Waals surface area contributed by atoms with Crippen LogP contribution in [0.5, 0.6) is 0 Å². The molecule has 1 aliphatic rings. The Bertz CT molecular complexity index is 548. The van der Waals surface area contributed by atoms with Crippen LogP contribution in [0, 0.1) is 17.8 Å². The van der Waals surface area contributed by atoms with Crippen LogP contribution >= 0.6 is 0 Å². The van der Waals surface area contributed by atoms with Gasteiger partial charge >= 0.3 is 5.97 Å². The zero-order chi connectivity index (χ0) is 15.1. The Balaban J connectivity index is 1.80. The summed E-state index contributed by atoms with van der Waals surface area (Å²) in [5.74, 6) is 4.99. The van der Waals surface area contributed by atoms with E-state index in [1.807, 2.05) is 30.3 Å². The van der Waals surface area contributed by atoms with Crippen molar-refractivity contribution in [2.24, 2.45) is 5.92 Å². The normalized spacial score (nSPS) is 20.8. The highest BCUT2D eigenvalue weighted by atomic mass is 16.5. The van der Waals surface area contributed by atoms with Gasteiger partial charge in [-0.05, 0) is 37.8 Å². The fourth-order valence-electron chi connectivity index (χ4n) is 2.51. The Morgan fingerprint density at radius 1 is 1.14 bits per heavy atom. The summed E-state index contributed by atoms with van der Waals surface area (Å²) in [6, 6.07) is 9.50. The third-order valence-corrected chi connectivity index (χ3v) is 3.69. The maximum Gasteiger partial charge on any atom is 0.308 e. The summed E-state index contributed by atoms with van der Waals surface area (Å²) in [4.78, 5) is 23.2. The molecule has 1 aromatic rings. The maximum absolute atomic E-state index is 11.8. The standard InChI is InChI=1S/C17H19NO3/c1-21-17(20)14-8-10-15(11-9-14)18-16(19)12-7-13-5-3-2-4-6-13/h2-6,14-15H,8-11H2,1H3,(H,18,19). The lowest BCUT2D eigenvalue weighted by molar-refractivity contribution is -0.146. The Labute approximate surface area is 124 Å². The number of ether oxygens (including phenoxy) is 1. The van der Waals surface area contributed by atoms with Gasteiger partial charge in [0.15, 0.2) is 0 Å². The van der Waals surface area contributed by atoms with Crippen LogP contribution in [0.2, 0.25) is 0 Å². The number of carbonyl (C=O) groups is 2. The molecule has 1 N–H and O–H groups in total. The van der Waals surface area contributed by atoms with Crippen LogP contribution in [0.3, 0.4) is 0 Å². The van der Waals surface area contributed by atoms with Crippen molar-refractivity contribution in [3.63, 3.8) is 0 Å². The van der Waals surface area contributed by atoms with Crippen molar-refractivity contribution in [1.82, 2.24) is 5.32 Å². The summed E-state index contributed by atoms with van der Waals surface area (Å²) in [6.45, 7) is 0. The number of amides is 1. The van der Waals surface area contributed by atoms with E-state index in [2.05, 4.69) is 17.2 Å². The average Bonchev–Trinajstić information content (AvgIpc) is 2.54. The van der Waals surface area contributed by atoms with Crippen molar-refractivity contribution in [1.29, 1.82) is 0 Å². The fraction of sp³-hybridized carbons (Fsp3) is 0.412. The average molecular weight is 285 g/mol. The minimum atomic E-state index is -0.264. The molecule has 0 radical (unpaired) electrons. The van der Waals surface area contributed by atoms with Gasteiger partial charge in [0, 0.05) is 17.5 Å². The second kappa shape index (κ2) is 7.49. The Hall–Kier alpha value is -2.28. The van der Waals surface area contributed by atoms with Gasteiger partial charge in [-0.1, -0.05) is 24.1 Å². The number of rotatable bonds is 2. The molecule has 4 nitrogen and oxygen atoms in total. The van der Waals surface area contributed by atoms with Gasteiger partial charge in [0.25, 0.3) is 5.91 Å². The molecule has 21 heavy (non-hydrogen) atoms. The molecule has 0 bridgehead atoms. The lowest BCUT2D eigenvalue weighted by atomic mass is 9.86. The minimum Gasteiger partial charge on any atom is -0.469 e. The Morgan fingerprint density at radius 2 is 1.81 bits per heavy atom. The van der Waals surface area contributed by atoms with Gasteiger partial charge < -0.3 is 10.1 Å². The van der Waals surface area contributed by atoms with Gasteiger partial charge in [0.05, 0.1) is 13.0 Å². The molecule has 1 fully saturated rings. The van der Waals surface area contributed by atoms with Crippen LogP contribution in [-0.4, -0.2) is 25.0 Å². The van der Waals surface area contributed by atoms with E-state index in [1.165, 1.54) is 7.11 Å². The summed E-state index contributed by atoms with van der Waals surface area (Å²) in [6.07, 6.45) is 3.09. The first kappa shape index (κ1) is 15.1. The number of benzene rings is 1. The molecule has 1 saturated carbocycles. The molecule has 0 aromatic heterocycles. The van der Waals surface area contributed by atoms with E-state index in [0.29, 0.717) is 0 Å². The number of hydrogen-bond donors (Lipinski definition) is 1. The number of nitrogens with one attached hydrogen (secondary N) is 1. The SMILES string of the molecule is COC(=O)C1CCC(NC(=O)C#Cc2ccccc2)CC1. The largest absolute Gasteiger partial charge is 0.469 e. The van der Waals surface area contributed by atoms with Crippen LogP contribution < -0.4 is 5.32 Å². The van der Waals surface area contributed by atoms with Crippen molar-refractivity contribution < 1.29 is 14.3 Å². The lowest BCUT2D eigenvalue weighted by Gasteiger charge is -2.26. The number of methoxy groups -OCH3 is 1. The van der Waals surface area contributed by atoms with E-state index >= 15 is 0 Å². The monoisotopic (exact) mass is 285 g/mol. The minimum absolute atomic E-state index is 0.0291. The third-order valence-electron chi connectivity index (χ3n) is 3.69. The van der Waals surface area contributed by atoms with Crippen molar-refractivity contribution in [3.05, 3.63) is 35.9 Å². The molecule has 1 aromatic carbocycles. The third kappa shape index (κ3) is 4.64. The van der Waals surface area contributed by atoms with E-state index in [0.717, 1.165) is 31.2 Å². The molecular formula is C17H19NO3. The van der Waals surface area contributed by atoms with E-state index in [-0.39, 0.29) is 23.8 Å². The van der Waals surface area contributed by atoms with Crippen LogP contribution in [0.1, 0.15) is 31.2 Å². The highest BCUT2D eigenvalue weighted by Gasteiger charge is 2.27. The van der Waals surface area contributed by atoms with E-state index in [1.54, 1.807) is 0 Å². The highest BCUT2D eigenvalue weighted by Crippen LogP contribution is 2.25. The number of hydrogen-bond acceptors (Lipinski definition) is 3. The van der Waals surface area contributed by atoms with E-state index < -0.39 is 0 Å². The first-order chi connectivity index (χ1) is 10.2. The molecule has 0 spiro atoms. The summed E-state index contributed by atoms with van der Waals surface area (Å²) >= 11 is 0. The fourth-order valence-corrected chi connectivity index (χ4v) is 2.51. The molecule has 4 heteroatoms. The molecule has 0 unspecified atom stereocenters. The molecule has 0 saturated heterocycles. The van der Waals surface area contributed by atoms with Crippen molar-refractivity contribution in [2.75, 3.05) is 7.11 Å². The highest BCUT2D eigenvalue weighted by molar-refractivity contribution is 5.94. The molecular weight excluding hydrogens is 266 g/mol. The summed E-state index contributed by atoms with van der Waals surface area (Å²) in [5.41, 5.74) is 0.821. The van der Waals surface area contributed by atoms with Crippen molar-refractivity contribution in [3.8, 4) is 11.8 Å². The Kier molecular flexibility index (Phi) is 5.39. The molecule has 110 valence electrons. The van der Waals surface area contributed by atoms with E-state index in [9.17, 15) is 9.59 Å². The van der Waals surface area contributed by atoms with Crippen molar-refractivity contribution >= 4 is 11.9 Å². The predicted octanol–water partition coefficient (Wildman–Crippen LogP) is 1.89. The first-order valence-corrected chi connectivity index (χ1v) is 7.14. The quantitative estimate of drug-likeness (QED) is 0.667. The molecule has 0 heterocycles. The van der Waals surface area contributed by atoms with Gasteiger partial charge in [-0.25, -0.2) is 0 Å². The maximum atomic E-state index is 11.8. The van der Waals surface area contributed by atoms with Gasteiger partial charge in [0.1, 0.15) is 0 Å². The summed E-state index contributed by atoms with van der Waals surface area (Å²) in [7, 11) is 1.41. The van der Waals surface area contributed by atoms with Gasteiger partial charge in [-0.2, -0.15) is 0 Å². The van der Waals surface area contributed by atoms with Crippen LogP contribution in [0.4, 0.5) is 0 Å². The lowest BCUT2D eigenvalue weighted by Crippen LogP contribution is -2.38. The number of esters is 1. The van der Waals surface area contributed by atoms with Gasteiger partial charge in [0.2, 0.25) is 0 Å². The number of carbonyl (C=O) groups excluding carboxylic acids is 2. The first-order valence-electron chi connectivity index (χ1n) is 7.14. The molecule has 2 rings (SSSR count). The molecule has 0 aliphatic heterocycles. The van der Waals surface area contributed by atoms with Gasteiger partial charge in [-0.15, -0.1) is 0 Å². The van der Waals surface area contributed by atoms with E-state index in [4.69, 9.17) is 4.74 Å². The molecule has 0 atom stereocenters.